The van der Waals surface area contributed by atoms with Gasteiger partial charge in [0.15, 0.2) is 0 Å². The van der Waals surface area contributed by atoms with Gasteiger partial charge in [0, 0.05) is 6.92 Å². The summed E-state index contributed by atoms with van der Waals surface area (Å²) in [5.74, 6) is -0.0818. The van der Waals surface area contributed by atoms with Gasteiger partial charge in [0.05, 0.1) is 0 Å². The first kappa shape index (κ1) is 7.60. The largest absolute Gasteiger partial charge is 0.872 e. The minimum Gasteiger partial charge on any atom is -0.872 e. The van der Waals surface area contributed by atoms with E-state index in [1.807, 2.05) is 0 Å². The maximum absolute atomic E-state index is 10.6. The van der Waals surface area contributed by atoms with Crippen molar-refractivity contribution in [1.82, 2.24) is 0 Å². The minimum absolute atomic E-state index is 0.0964. The van der Waals surface area contributed by atoms with Gasteiger partial charge in [-0.2, -0.15) is 0 Å². The fourth-order valence-electron chi connectivity index (χ4n) is 0.674. The Hall–Kier alpha value is -1.51. The Labute approximate surface area is 64.2 Å². The summed E-state index contributed by atoms with van der Waals surface area (Å²) >= 11 is 0. The fourth-order valence-corrected chi connectivity index (χ4v) is 0.674. The molecule has 0 aliphatic heterocycles. The van der Waals surface area contributed by atoms with E-state index >= 15 is 0 Å². The molecule has 0 aliphatic rings. The molecule has 0 radical (unpaired) electrons. The Kier molecular flexibility index (Phi) is 2.11. The number of hydrogen-bond donors (Lipinski definition) is 0. The van der Waals surface area contributed by atoms with E-state index < -0.39 is 0 Å². The Morgan fingerprint density at radius 1 is 1.36 bits per heavy atom. The van der Waals surface area contributed by atoms with Crippen molar-refractivity contribution in [3.63, 3.8) is 0 Å². The highest BCUT2D eigenvalue weighted by Gasteiger charge is 1.93. The first-order valence-corrected chi connectivity index (χ1v) is 3.14. The normalized spacial score (nSPS) is 9.18. The van der Waals surface area contributed by atoms with Gasteiger partial charge < -0.3 is 9.84 Å². The summed E-state index contributed by atoms with van der Waals surface area (Å²) in [5, 5.41) is 10.6. The Bertz CT molecular complexity index is 251. The molecule has 0 saturated carbocycles. The second-order valence-electron chi connectivity index (χ2n) is 2.07. The molecule has 0 heterocycles. The second kappa shape index (κ2) is 3.05. The van der Waals surface area contributed by atoms with Crippen LogP contribution in [-0.4, -0.2) is 5.97 Å². The van der Waals surface area contributed by atoms with Crippen molar-refractivity contribution >= 4 is 5.97 Å². The van der Waals surface area contributed by atoms with Crippen LogP contribution in [0.3, 0.4) is 0 Å². The summed E-state index contributed by atoms with van der Waals surface area (Å²) in [7, 11) is 0. The standard InChI is InChI=1S/C8H8O3/c1-6(9)11-8-4-2-7(10)3-5-8/h2-5,10H,1H3/p-1. The second-order valence-corrected chi connectivity index (χ2v) is 2.07. The van der Waals surface area contributed by atoms with E-state index in [1.54, 1.807) is 0 Å². The third-order valence-corrected chi connectivity index (χ3v) is 1.09. The number of hydrogen-bond acceptors (Lipinski definition) is 3. The highest BCUT2D eigenvalue weighted by atomic mass is 16.5. The lowest BCUT2D eigenvalue weighted by Gasteiger charge is -2.05. The molecule has 0 spiro atoms. The van der Waals surface area contributed by atoms with Crippen molar-refractivity contribution in [3.8, 4) is 11.5 Å². The molecule has 0 aromatic heterocycles. The first-order valence-electron chi connectivity index (χ1n) is 3.14. The number of carbonyl (C=O) groups excluding carboxylic acids is 1. The molecule has 0 fully saturated rings. The fraction of sp³-hybridized carbons (Fsp3) is 0.125. The average Bonchev–Trinajstić information content (AvgIpc) is 1.93. The van der Waals surface area contributed by atoms with Crippen LogP contribution in [-0.2, 0) is 4.79 Å². The molecule has 0 atom stereocenters. The third-order valence-electron chi connectivity index (χ3n) is 1.09. The average molecular weight is 151 g/mol. The number of carbonyl (C=O) groups is 1. The summed E-state index contributed by atoms with van der Waals surface area (Å²) in [4.78, 5) is 10.4. The van der Waals surface area contributed by atoms with E-state index in [2.05, 4.69) is 0 Å². The molecular formula is C8H7O3-. The van der Waals surface area contributed by atoms with Gasteiger partial charge in [0.2, 0.25) is 0 Å². The number of benzene rings is 1. The van der Waals surface area contributed by atoms with Crippen molar-refractivity contribution in [3.05, 3.63) is 24.3 Å². The van der Waals surface area contributed by atoms with Crippen molar-refractivity contribution in [2.45, 2.75) is 6.92 Å². The molecule has 0 unspecified atom stereocenters. The molecule has 0 amide bonds. The summed E-state index contributed by atoms with van der Waals surface area (Å²) < 4.78 is 4.69. The van der Waals surface area contributed by atoms with Crippen LogP contribution >= 0.6 is 0 Å². The zero-order valence-electron chi connectivity index (χ0n) is 6.03. The van der Waals surface area contributed by atoms with Crippen molar-refractivity contribution in [2.24, 2.45) is 0 Å². The molecule has 0 N–H and O–H groups in total. The maximum Gasteiger partial charge on any atom is 0.308 e. The summed E-state index contributed by atoms with van der Waals surface area (Å²) in [6.07, 6.45) is 0. The minimum atomic E-state index is -0.386. The van der Waals surface area contributed by atoms with Crippen LogP contribution in [0.15, 0.2) is 24.3 Å². The molecule has 0 saturated heterocycles. The van der Waals surface area contributed by atoms with E-state index in [0.29, 0.717) is 5.75 Å². The van der Waals surface area contributed by atoms with Gasteiger partial charge in [-0.25, -0.2) is 0 Å². The predicted octanol–water partition coefficient (Wildman–Crippen LogP) is 0.685. The Morgan fingerprint density at radius 2 is 1.91 bits per heavy atom. The van der Waals surface area contributed by atoms with Gasteiger partial charge >= 0.3 is 5.97 Å². The predicted molar refractivity (Wildman–Crippen MR) is 37.2 cm³/mol. The van der Waals surface area contributed by atoms with E-state index in [0.717, 1.165) is 0 Å². The number of ether oxygens (including phenoxy) is 1. The molecule has 0 bridgehead atoms. The van der Waals surface area contributed by atoms with Crippen molar-refractivity contribution < 1.29 is 14.6 Å². The summed E-state index contributed by atoms with van der Waals surface area (Å²) in [6, 6.07) is 5.62. The SMILES string of the molecule is CC(=O)Oc1ccc([O-])cc1. The molecule has 1 rings (SSSR count). The van der Waals surface area contributed by atoms with Crippen LogP contribution in [0.25, 0.3) is 0 Å². The molecule has 3 nitrogen and oxygen atoms in total. The highest BCUT2D eigenvalue weighted by molar-refractivity contribution is 5.69. The molecule has 58 valence electrons. The highest BCUT2D eigenvalue weighted by Crippen LogP contribution is 2.13. The lowest BCUT2D eigenvalue weighted by Crippen LogP contribution is -2.01. The molecule has 3 heteroatoms. The quantitative estimate of drug-likeness (QED) is 0.438. The van der Waals surface area contributed by atoms with Gasteiger partial charge in [-0.3, -0.25) is 4.79 Å². The van der Waals surface area contributed by atoms with Gasteiger partial charge in [0.25, 0.3) is 0 Å². The number of rotatable bonds is 1. The lowest BCUT2D eigenvalue weighted by molar-refractivity contribution is -0.268. The van der Waals surface area contributed by atoms with E-state index in [4.69, 9.17) is 4.74 Å². The van der Waals surface area contributed by atoms with Crippen LogP contribution in [0, 0.1) is 0 Å². The summed E-state index contributed by atoms with van der Waals surface area (Å²) in [5.41, 5.74) is 0. The van der Waals surface area contributed by atoms with Crippen LogP contribution in [0.5, 0.6) is 11.5 Å². The van der Waals surface area contributed by atoms with Crippen LogP contribution in [0.1, 0.15) is 6.92 Å². The van der Waals surface area contributed by atoms with E-state index in [-0.39, 0.29) is 11.7 Å². The van der Waals surface area contributed by atoms with Crippen molar-refractivity contribution in [1.29, 1.82) is 0 Å². The molecule has 1 aromatic rings. The Morgan fingerprint density at radius 3 is 2.36 bits per heavy atom. The smallest absolute Gasteiger partial charge is 0.308 e. The zero-order valence-corrected chi connectivity index (χ0v) is 6.03. The zero-order chi connectivity index (χ0) is 8.27. The van der Waals surface area contributed by atoms with Crippen LogP contribution < -0.4 is 9.84 Å². The van der Waals surface area contributed by atoms with Gasteiger partial charge in [-0.1, -0.05) is 12.1 Å². The molecule has 1 aromatic carbocycles. The van der Waals surface area contributed by atoms with Gasteiger partial charge in [-0.15, -0.1) is 5.75 Å². The maximum atomic E-state index is 10.6. The van der Waals surface area contributed by atoms with Gasteiger partial charge in [-0.05, 0) is 12.1 Å². The number of esters is 1. The Balaban J connectivity index is 2.74. The summed E-state index contributed by atoms with van der Waals surface area (Å²) in [6.45, 7) is 1.31. The topological polar surface area (TPSA) is 49.4 Å². The molecule has 11 heavy (non-hydrogen) atoms. The van der Waals surface area contributed by atoms with Crippen LogP contribution in [0.4, 0.5) is 0 Å². The van der Waals surface area contributed by atoms with E-state index in [9.17, 15) is 9.90 Å². The van der Waals surface area contributed by atoms with Crippen LogP contribution in [0.2, 0.25) is 0 Å². The molecule has 0 aliphatic carbocycles. The first-order chi connectivity index (χ1) is 5.18. The lowest BCUT2D eigenvalue weighted by atomic mass is 10.3. The third kappa shape index (κ3) is 2.29. The monoisotopic (exact) mass is 151 g/mol. The van der Waals surface area contributed by atoms with Gasteiger partial charge in [0.1, 0.15) is 5.75 Å². The molecular weight excluding hydrogens is 144 g/mol. The van der Waals surface area contributed by atoms with Crippen molar-refractivity contribution in [2.75, 3.05) is 0 Å². The van der Waals surface area contributed by atoms with E-state index in [1.165, 1.54) is 31.2 Å².